The van der Waals surface area contributed by atoms with Crippen molar-refractivity contribution < 1.29 is 9.53 Å². The van der Waals surface area contributed by atoms with Gasteiger partial charge in [0.1, 0.15) is 6.61 Å². The number of carbonyl (C=O) groups excluding carboxylic acids is 1. The van der Waals surface area contributed by atoms with E-state index in [1.165, 1.54) is 24.2 Å². The number of amides is 1. The highest BCUT2D eigenvalue weighted by Crippen LogP contribution is 2.08. The smallest absolute Gasteiger partial charge is 0.422 e. The van der Waals surface area contributed by atoms with E-state index in [1.54, 1.807) is 0 Å². The first-order valence-electron chi connectivity index (χ1n) is 9.30. The van der Waals surface area contributed by atoms with Gasteiger partial charge in [-0.05, 0) is 17.5 Å². The summed E-state index contributed by atoms with van der Waals surface area (Å²) >= 11 is 0. The fourth-order valence-corrected chi connectivity index (χ4v) is 2.50. The van der Waals surface area contributed by atoms with Gasteiger partial charge in [-0.3, -0.25) is 0 Å². The first-order chi connectivity index (χ1) is 12.8. The van der Waals surface area contributed by atoms with Crippen molar-refractivity contribution in [2.75, 3.05) is 0 Å². The molecule has 0 radical (unpaired) electrons. The second-order valence-electron chi connectivity index (χ2n) is 6.21. The molecule has 2 rings (SSSR count). The molecule has 136 valence electrons. The van der Waals surface area contributed by atoms with Gasteiger partial charge >= 0.3 is 6.09 Å². The number of rotatable bonds is 8. The summed E-state index contributed by atoms with van der Waals surface area (Å²) in [6, 6.07) is 22.5. The molecule has 0 saturated carbocycles. The van der Waals surface area contributed by atoms with Crippen LogP contribution in [0.3, 0.4) is 0 Å². The quantitative estimate of drug-likeness (QED) is 0.345. The molecule has 0 unspecified atom stereocenters. The molecule has 3 heteroatoms. The molecular weight excluding hydrogens is 322 g/mol. The van der Waals surface area contributed by atoms with Crippen molar-refractivity contribution >= 4 is 6.09 Å². The lowest BCUT2D eigenvalue weighted by Gasteiger charge is -2.16. The van der Waals surface area contributed by atoms with Gasteiger partial charge in [-0.2, -0.15) is 0 Å². The van der Waals surface area contributed by atoms with Crippen LogP contribution in [0, 0.1) is 12.0 Å². The monoisotopic (exact) mass is 349 g/mol. The highest BCUT2D eigenvalue weighted by Gasteiger charge is 2.13. The molecule has 3 nitrogen and oxygen atoms in total. The fraction of sp³-hybridized carbons (Fsp3) is 0.348. The molecule has 0 aliphatic heterocycles. The highest BCUT2D eigenvalue weighted by molar-refractivity contribution is 5.70. The molecule has 0 N–H and O–H groups in total. The molecule has 0 aromatic heterocycles. The van der Waals surface area contributed by atoms with Crippen LogP contribution in [0.1, 0.15) is 50.2 Å². The molecule has 26 heavy (non-hydrogen) atoms. The van der Waals surface area contributed by atoms with E-state index in [-0.39, 0.29) is 6.61 Å². The van der Waals surface area contributed by atoms with Crippen LogP contribution in [0.5, 0.6) is 0 Å². The molecule has 1 amide bonds. The summed E-state index contributed by atoms with van der Waals surface area (Å²) in [4.78, 5) is 14.0. The van der Waals surface area contributed by atoms with E-state index in [0.29, 0.717) is 6.54 Å². The van der Waals surface area contributed by atoms with Crippen LogP contribution < -0.4 is 0 Å². The summed E-state index contributed by atoms with van der Waals surface area (Å²) in [6.07, 6.45) is 5.09. The number of hydrogen-bond donors (Lipinski definition) is 0. The van der Waals surface area contributed by atoms with Crippen molar-refractivity contribution in [3.05, 3.63) is 71.8 Å². The number of nitrogens with zero attached hydrogens (tertiary/aromatic N) is 1. The Morgan fingerprint density at radius 3 is 2.23 bits per heavy atom. The topological polar surface area (TPSA) is 29.5 Å². The average Bonchev–Trinajstić information content (AvgIpc) is 2.69. The number of carbonyl (C=O) groups is 1. The Bertz CT molecular complexity index is 701. The van der Waals surface area contributed by atoms with Crippen molar-refractivity contribution in [3.8, 4) is 12.0 Å². The molecular formula is C23H27NO2. The van der Waals surface area contributed by atoms with Gasteiger partial charge in [0.2, 0.25) is 0 Å². The maximum atomic E-state index is 12.5. The maximum Gasteiger partial charge on any atom is 0.422 e. The molecule has 2 aromatic rings. The number of benzene rings is 2. The Hall–Kier alpha value is -2.73. The summed E-state index contributed by atoms with van der Waals surface area (Å²) in [7, 11) is 0. The average molecular weight is 349 g/mol. The zero-order valence-electron chi connectivity index (χ0n) is 15.5. The standard InChI is InChI=1S/C23H27NO2/c1-2-3-4-5-6-13-18-24(19-21-14-9-7-10-15-21)23(25)26-20-22-16-11-8-12-17-22/h7-12,14-17H,2-6,19-20H2,1H3. The van der Waals surface area contributed by atoms with Crippen molar-refractivity contribution in [1.29, 1.82) is 0 Å². The van der Waals surface area contributed by atoms with E-state index in [0.717, 1.165) is 24.0 Å². The molecule has 0 aliphatic rings. The second-order valence-corrected chi connectivity index (χ2v) is 6.21. The lowest BCUT2D eigenvalue weighted by atomic mass is 10.2. The third-order valence-electron chi connectivity index (χ3n) is 3.98. The molecule has 0 heterocycles. The lowest BCUT2D eigenvalue weighted by Crippen LogP contribution is -2.26. The minimum absolute atomic E-state index is 0.253. The van der Waals surface area contributed by atoms with Crippen LogP contribution in [-0.2, 0) is 17.9 Å². The normalized spacial score (nSPS) is 9.88. The third kappa shape index (κ3) is 7.44. The van der Waals surface area contributed by atoms with Gasteiger partial charge < -0.3 is 4.74 Å². The predicted octanol–water partition coefficient (Wildman–Crippen LogP) is 5.76. The number of ether oxygens (including phenoxy) is 1. The summed E-state index contributed by atoms with van der Waals surface area (Å²) in [5.41, 5.74) is 2.00. The zero-order valence-corrected chi connectivity index (χ0v) is 15.5. The summed E-state index contributed by atoms with van der Waals surface area (Å²) in [6.45, 7) is 2.87. The predicted molar refractivity (Wildman–Crippen MR) is 105 cm³/mol. The van der Waals surface area contributed by atoms with Crippen LogP contribution >= 0.6 is 0 Å². The van der Waals surface area contributed by atoms with Gasteiger partial charge in [0.05, 0.1) is 6.54 Å². The van der Waals surface area contributed by atoms with Crippen LogP contribution in [0.15, 0.2) is 60.7 Å². The molecule has 0 fully saturated rings. The van der Waals surface area contributed by atoms with Gasteiger partial charge in [-0.25, -0.2) is 9.69 Å². The van der Waals surface area contributed by atoms with E-state index in [2.05, 4.69) is 18.9 Å². The first kappa shape index (κ1) is 19.6. The Labute approximate surface area is 157 Å². The largest absolute Gasteiger partial charge is 0.444 e. The molecule has 0 atom stereocenters. The zero-order chi connectivity index (χ0) is 18.5. The molecule has 0 bridgehead atoms. The van der Waals surface area contributed by atoms with Crippen molar-refractivity contribution in [3.63, 3.8) is 0 Å². The highest BCUT2D eigenvalue weighted by atomic mass is 16.6. The molecule has 0 spiro atoms. The summed E-state index contributed by atoms with van der Waals surface area (Å²) in [5.74, 6) is 3.12. The van der Waals surface area contributed by atoms with Gasteiger partial charge in [-0.15, -0.1) is 0 Å². The van der Waals surface area contributed by atoms with Crippen molar-refractivity contribution in [2.24, 2.45) is 0 Å². The van der Waals surface area contributed by atoms with Gasteiger partial charge in [0.15, 0.2) is 0 Å². The third-order valence-corrected chi connectivity index (χ3v) is 3.98. The van der Waals surface area contributed by atoms with Crippen LogP contribution in [0.2, 0.25) is 0 Å². The van der Waals surface area contributed by atoms with Crippen LogP contribution in [-0.4, -0.2) is 11.0 Å². The van der Waals surface area contributed by atoms with Gasteiger partial charge in [0, 0.05) is 12.5 Å². The van der Waals surface area contributed by atoms with Crippen LogP contribution in [0.4, 0.5) is 4.79 Å². The van der Waals surface area contributed by atoms with E-state index in [1.807, 2.05) is 60.7 Å². The van der Waals surface area contributed by atoms with Gasteiger partial charge in [-0.1, -0.05) is 92.8 Å². The molecule has 0 saturated heterocycles. The molecule has 0 aliphatic carbocycles. The molecule has 2 aromatic carbocycles. The van der Waals surface area contributed by atoms with E-state index < -0.39 is 6.09 Å². The van der Waals surface area contributed by atoms with Crippen LogP contribution in [0.25, 0.3) is 0 Å². The minimum atomic E-state index is -0.404. The first-order valence-corrected chi connectivity index (χ1v) is 9.30. The SMILES string of the molecule is CCCCCCC#CN(Cc1ccccc1)C(=O)OCc1ccccc1. The van der Waals surface area contributed by atoms with Crippen molar-refractivity contribution in [2.45, 2.75) is 52.2 Å². The Balaban J connectivity index is 1.94. The van der Waals surface area contributed by atoms with Crippen molar-refractivity contribution in [1.82, 2.24) is 4.90 Å². The maximum absolute atomic E-state index is 12.5. The summed E-state index contributed by atoms with van der Waals surface area (Å²) < 4.78 is 5.44. The van der Waals surface area contributed by atoms with Gasteiger partial charge in [0.25, 0.3) is 0 Å². The van der Waals surface area contributed by atoms with E-state index >= 15 is 0 Å². The second kappa shape index (κ2) is 11.8. The fourth-order valence-electron chi connectivity index (χ4n) is 2.50. The minimum Gasteiger partial charge on any atom is -0.444 e. The Morgan fingerprint density at radius 1 is 0.923 bits per heavy atom. The Kier molecular flexibility index (Phi) is 8.86. The van der Waals surface area contributed by atoms with E-state index in [9.17, 15) is 4.79 Å². The lowest BCUT2D eigenvalue weighted by molar-refractivity contribution is 0.111. The van der Waals surface area contributed by atoms with E-state index in [4.69, 9.17) is 4.74 Å². The number of hydrogen-bond acceptors (Lipinski definition) is 2. The number of unbranched alkanes of at least 4 members (excludes halogenated alkanes) is 4. The summed E-state index contributed by atoms with van der Waals surface area (Å²) in [5, 5.41) is 0. The Morgan fingerprint density at radius 2 is 1.58 bits per heavy atom.